The molecule has 4 N–H and O–H groups in total. The number of hydrogen-bond donors (Lipinski definition) is 3. The minimum Gasteiger partial charge on any atom is -0.475 e. The first-order valence-corrected chi connectivity index (χ1v) is 11.7. The van der Waals surface area contributed by atoms with E-state index in [0.29, 0.717) is 31.1 Å². The highest BCUT2D eigenvalue weighted by molar-refractivity contribution is 6.30. The molecular weight excluding hydrogens is 503 g/mol. The van der Waals surface area contributed by atoms with Crippen LogP contribution in [0.25, 0.3) is 0 Å². The zero-order valence-electron chi connectivity index (χ0n) is 19.3. The van der Waals surface area contributed by atoms with E-state index in [4.69, 9.17) is 37.2 Å². The summed E-state index contributed by atoms with van der Waals surface area (Å²) in [6.45, 7) is 3.24. The topological polar surface area (TPSA) is 144 Å². The van der Waals surface area contributed by atoms with E-state index in [1.165, 1.54) is 5.56 Å². The lowest BCUT2D eigenvalue weighted by Crippen LogP contribution is -2.57. The molecule has 2 saturated heterocycles. The van der Waals surface area contributed by atoms with Crippen LogP contribution in [0.1, 0.15) is 24.8 Å². The SMILES string of the molecule is N#CC[C@H]1CN(C2CCN(c3nnc(N)[nH]3)CC2)[C@@H](Cc2ccc(Cl)cc2)CO1.O=C(O)C(F)(F)F. The van der Waals surface area contributed by atoms with Crippen molar-refractivity contribution in [2.24, 2.45) is 0 Å². The smallest absolute Gasteiger partial charge is 0.475 e. The second-order valence-electron chi connectivity index (χ2n) is 8.55. The lowest BCUT2D eigenvalue weighted by Gasteiger charge is -2.46. The molecule has 0 aliphatic carbocycles. The highest BCUT2D eigenvalue weighted by Gasteiger charge is 2.38. The van der Waals surface area contributed by atoms with Crippen LogP contribution < -0.4 is 10.6 Å². The van der Waals surface area contributed by atoms with Crippen LogP contribution in [-0.2, 0) is 16.0 Å². The summed E-state index contributed by atoms with van der Waals surface area (Å²) in [5.41, 5.74) is 6.91. The van der Waals surface area contributed by atoms with Gasteiger partial charge in [-0.15, -0.1) is 10.2 Å². The number of halogens is 4. The number of benzene rings is 1. The van der Waals surface area contributed by atoms with Crippen molar-refractivity contribution in [1.82, 2.24) is 20.1 Å². The molecule has 1 aromatic carbocycles. The number of anilines is 2. The van der Waals surface area contributed by atoms with Crippen LogP contribution in [0.15, 0.2) is 24.3 Å². The number of nitrogens with one attached hydrogen (secondary N) is 1. The summed E-state index contributed by atoms with van der Waals surface area (Å²) in [5.74, 6) is -1.67. The molecule has 0 bridgehead atoms. The zero-order valence-corrected chi connectivity index (χ0v) is 20.0. The molecule has 196 valence electrons. The van der Waals surface area contributed by atoms with Crippen LogP contribution in [0, 0.1) is 11.3 Å². The average Bonchev–Trinajstić information content (AvgIpc) is 3.28. The summed E-state index contributed by atoms with van der Waals surface area (Å²) in [6.07, 6.45) is -1.71. The highest BCUT2D eigenvalue weighted by atomic mass is 35.5. The van der Waals surface area contributed by atoms with Gasteiger partial charge in [0.2, 0.25) is 11.9 Å². The molecule has 10 nitrogen and oxygen atoms in total. The maximum atomic E-state index is 10.6. The minimum absolute atomic E-state index is 0.0198. The van der Waals surface area contributed by atoms with Crippen LogP contribution in [-0.4, -0.2) is 81.8 Å². The van der Waals surface area contributed by atoms with Crippen molar-refractivity contribution in [3.8, 4) is 6.07 Å². The number of carbonyl (C=O) groups is 1. The molecule has 2 fully saturated rings. The van der Waals surface area contributed by atoms with Gasteiger partial charge in [-0.25, -0.2) is 4.79 Å². The summed E-state index contributed by atoms with van der Waals surface area (Å²) < 4.78 is 37.7. The Labute approximate surface area is 210 Å². The molecule has 2 aliphatic heterocycles. The van der Waals surface area contributed by atoms with Gasteiger partial charge in [0, 0.05) is 36.7 Å². The molecule has 2 atom stereocenters. The summed E-state index contributed by atoms with van der Waals surface area (Å²) in [5, 5.41) is 25.0. The van der Waals surface area contributed by atoms with E-state index in [0.717, 1.165) is 49.9 Å². The Bertz CT molecular complexity index is 1040. The summed E-state index contributed by atoms with van der Waals surface area (Å²) in [7, 11) is 0. The monoisotopic (exact) mass is 529 g/mol. The number of morpholine rings is 1. The Morgan fingerprint density at radius 1 is 1.28 bits per heavy atom. The fourth-order valence-electron chi connectivity index (χ4n) is 4.34. The number of nitrogens with zero attached hydrogens (tertiary/aromatic N) is 5. The van der Waals surface area contributed by atoms with Crippen molar-refractivity contribution in [2.45, 2.75) is 50.0 Å². The highest BCUT2D eigenvalue weighted by Crippen LogP contribution is 2.27. The summed E-state index contributed by atoms with van der Waals surface area (Å²) in [6, 6.07) is 11.0. The maximum Gasteiger partial charge on any atom is 0.490 e. The molecule has 0 amide bonds. The van der Waals surface area contributed by atoms with Gasteiger partial charge in [-0.3, -0.25) is 9.88 Å². The second-order valence-corrected chi connectivity index (χ2v) is 8.99. The van der Waals surface area contributed by atoms with E-state index in [9.17, 15) is 13.2 Å². The standard InChI is InChI=1S/C20H26ClN7O.C2HF3O2/c21-15-3-1-14(2-4-15)11-17-13-29-18(5-8-22)12-28(17)16-6-9-27(10-7-16)20-24-19(23)25-26-20;3-2(4,5)1(6)7/h1-4,16-18H,5-7,9-13H2,(H3,23,24,25,26);(H,6,7)/t17-,18-;/m0./s1. The number of nitriles is 1. The molecule has 0 unspecified atom stereocenters. The Balaban J connectivity index is 0.000000454. The molecule has 2 aliphatic rings. The number of alkyl halides is 3. The fraction of sp³-hybridized carbons (Fsp3) is 0.545. The van der Waals surface area contributed by atoms with Crippen LogP contribution in [0.2, 0.25) is 5.02 Å². The van der Waals surface area contributed by atoms with Crippen molar-refractivity contribution in [2.75, 3.05) is 36.9 Å². The molecule has 0 radical (unpaired) electrons. The van der Waals surface area contributed by atoms with Crippen molar-refractivity contribution < 1.29 is 27.8 Å². The predicted molar refractivity (Wildman–Crippen MR) is 125 cm³/mol. The number of aliphatic carboxylic acids is 1. The van der Waals surface area contributed by atoms with Crippen molar-refractivity contribution in [3.05, 3.63) is 34.9 Å². The van der Waals surface area contributed by atoms with Crippen molar-refractivity contribution >= 4 is 29.5 Å². The van der Waals surface area contributed by atoms with Gasteiger partial charge >= 0.3 is 12.1 Å². The van der Waals surface area contributed by atoms with Gasteiger partial charge in [0.15, 0.2) is 0 Å². The molecule has 36 heavy (non-hydrogen) atoms. The molecule has 1 aromatic heterocycles. The number of nitrogens with two attached hydrogens (primary N) is 1. The number of H-pyrrole nitrogens is 1. The minimum atomic E-state index is -5.08. The lowest BCUT2D eigenvalue weighted by molar-refractivity contribution is -0.192. The predicted octanol–water partition coefficient (Wildman–Crippen LogP) is 2.87. The fourth-order valence-corrected chi connectivity index (χ4v) is 4.46. The number of carboxylic acids is 1. The van der Waals surface area contributed by atoms with Crippen LogP contribution in [0.3, 0.4) is 0 Å². The average molecular weight is 530 g/mol. The number of hydrogen-bond acceptors (Lipinski definition) is 8. The van der Waals surface area contributed by atoms with Gasteiger partial charge in [-0.05, 0) is 37.0 Å². The molecule has 4 rings (SSSR count). The first-order chi connectivity index (χ1) is 17.1. The number of nitrogen functional groups attached to an aromatic ring is 1. The van der Waals surface area contributed by atoms with E-state index >= 15 is 0 Å². The Kier molecular flexibility index (Phi) is 9.36. The molecule has 14 heteroatoms. The first kappa shape index (κ1) is 27.5. The third-order valence-electron chi connectivity index (χ3n) is 6.08. The van der Waals surface area contributed by atoms with Crippen molar-refractivity contribution in [1.29, 1.82) is 5.26 Å². The van der Waals surface area contributed by atoms with Gasteiger partial charge in [-0.2, -0.15) is 18.4 Å². The van der Waals surface area contributed by atoms with Gasteiger partial charge in [0.05, 0.1) is 25.2 Å². The van der Waals surface area contributed by atoms with Gasteiger partial charge in [-0.1, -0.05) is 23.7 Å². The number of rotatable bonds is 5. The largest absolute Gasteiger partial charge is 0.490 e. The van der Waals surface area contributed by atoms with Gasteiger partial charge in [0.25, 0.3) is 0 Å². The molecule has 0 saturated carbocycles. The number of aromatic amines is 1. The van der Waals surface area contributed by atoms with Crippen LogP contribution in [0.5, 0.6) is 0 Å². The Morgan fingerprint density at radius 3 is 2.44 bits per heavy atom. The molecule has 0 spiro atoms. The second kappa shape index (κ2) is 12.2. The maximum absolute atomic E-state index is 10.6. The van der Waals surface area contributed by atoms with Gasteiger partial charge < -0.3 is 20.5 Å². The molecular formula is C22H27ClF3N7O3. The van der Waals surface area contributed by atoms with Crippen molar-refractivity contribution in [3.63, 3.8) is 0 Å². The number of carboxylic acid groups (broad SMARTS) is 1. The molecule has 3 heterocycles. The van der Waals surface area contributed by atoms with E-state index in [1.54, 1.807) is 0 Å². The zero-order chi connectivity index (χ0) is 26.3. The lowest BCUT2D eigenvalue weighted by atomic mass is 9.96. The normalized spacial score (nSPS) is 21.4. The van der Waals surface area contributed by atoms with Crippen LogP contribution in [0.4, 0.5) is 25.1 Å². The third kappa shape index (κ3) is 7.71. The van der Waals surface area contributed by atoms with E-state index < -0.39 is 12.1 Å². The summed E-state index contributed by atoms with van der Waals surface area (Å²) >= 11 is 6.03. The number of piperidine rings is 1. The van der Waals surface area contributed by atoms with E-state index in [1.807, 2.05) is 12.1 Å². The van der Waals surface area contributed by atoms with Gasteiger partial charge in [0.1, 0.15) is 0 Å². The first-order valence-electron chi connectivity index (χ1n) is 11.3. The van der Waals surface area contributed by atoms with E-state index in [2.05, 4.69) is 43.2 Å². The third-order valence-corrected chi connectivity index (χ3v) is 6.33. The number of aromatic nitrogens is 3. The van der Waals surface area contributed by atoms with Crippen LogP contribution >= 0.6 is 11.6 Å². The summed E-state index contributed by atoms with van der Waals surface area (Å²) in [4.78, 5) is 16.7. The Morgan fingerprint density at radius 2 is 1.92 bits per heavy atom. The number of ether oxygens (including phenoxy) is 1. The quantitative estimate of drug-likeness (QED) is 0.532. The molecule has 2 aromatic rings. The van der Waals surface area contributed by atoms with E-state index in [-0.39, 0.29) is 6.10 Å². The Hall–Kier alpha value is -3.08.